The molecule has 0 spiro atoms. The highest BCUT2D eigenvalue weighted by molar-refractivity contribution is 7.88. The first kappa shape index (κ1) is 20.5. The molecular formula is C19H28N2O4S. The zero-order chi connectivity index (χ0) is 19.0. The summed E-state index contributed by atoms with van der Waals surface area (Å²) in [7, 11) is -3.18. The van der Waals surface area contributed by atoms with Crippen molar-refractivity contribution < 1.29 is 17.9 Å². The number of nitrogens with zero attached hydrogens (tertiary/aromatic N) is 2. The number of piperazine rings is 1. The summed E-state index contributed by atoms with van der Waals surface area (Å²) in [4.78, 5) is 13.9. The molecule has 1 fully saturated rings. The van der Waals surface area contributed by atoms with Crippen LogP contribution in [0, 0.1) is 0 Å². The number of hydrogen-bond acceptors (Lipinski definition) is 4. The van der Waals surface area contributed by atoms with E-state index < -0.39 is 10.0 Å². The first-order valence-corrected chi connectivity index (χ1v) is 10.9. The molecule has 0 bridgehead atoms. The summed E-state index contributed by atoms with van der Waals surface area (Å²) >= 11 is 0. The number of benzene rings is 1. The molecule has 0 saturated carbocycles. The van der Waals surface area contributed by atoms with Crippen molar-refractivity contribution in [1.29, 1.82) is 0 Å². The zero-order valence-corrected chi connectivity index (χ0v) is 16.4. The molecule has 1 aromatic carbocycles. The first-order valence-electron chi connectivity index (χ1n) is 9.05. The van der Waals surface area contributed by atoms with Gasteiger partial charge in [-0.25, -0.2) is 8.42 Å². The number of rotatable bonds is 8. The average Bonchev–Trinajstić information content (AvgIpc) is 2.63. The molecule has 0 radical (unpaired) electrons. The van der Waals surface area contributed by atoms with Gasteiger partial charge in [-0.15, -0.1) is 0 Å². The summed E-state index contributed by atoms with van der Waals surface area (Å²) in [6.07, 6.45) is 7.89. The van der Waals surface area contributed by atoms with Crippen LogP contribution in [-0.4, -0.2) is 62.6 Å². The number of ether oxygens (including phenoxy) is 1. The summed E-state index contributed by atoms with van der Waals surface area (Å²) in [5, 5.41) is 0. The molecule has 0 aromatic heterocycles. The van der Waals surface area contributed by atoms with Crippen molar-refractivity contribution in [2.24, 2.45) is 0 Å². The van der Waals surface area contributed by atoms with E-state index >= 15 is 0 Å². The summed E-state index contributed by atoms with van der Waals surface area (Å²) in [5.74, 6) is 0.736. The molecule has 1 aliphatic rings. The fraction of sp³-hybridized carbons (Fsp3) is 0.526. The molecule has 0 atom stereocenters. The number of carbonyl (C=O) groups is 1. The maximum Gasteiger partial charge on any atom is 0.246 e. The maximum absolute atomic E-state index is 12.2. The van der Waals surface area contributed by atoms with Gasteiger partial charge in [-0.3, -0.25) is 4.79 Å². The van der Waals surface area contributed by atoms with Crippen molar-refractivity contribution in [3.63, 3.8) is 0 Å². The van der Waals surface area contributed by atoms with Gasteiger partial charge >= 0.3 is 0 Å². The largest absolute Gasteiger partial charge is 0.494 e. The molecule has 1 saturated heterocycles. The lowest BCUT2D eigenvalue weighted by Gasteiger charge is -2.32. The molecule has 0 unspecified atom stereocenters. The van der Waals surface area contributed by atoms with Crippen molar-refractivity contribution >= 4 is 22.0 Å². The number of hydrogen-bond donors (Lipinski definition) is 0. The molecule has 1 aliphatic heterocycles. The Labute approximate surface area is 156 Å². The minimum absolute atomic E-state index is 0.0990. The fourth-order valence-corrected chi connectivity index (χ4v) is 3.56. The van der Waals surface area contributed by atoms with E-state index in [0.29, 0.717) is 26.2 Å². The van der Waals surface area contributed by atoms with Gasteiger partial charge in [0, 0.05) is 32.3 Å². The number of carbonyl (C=O) groups excluding carboxylic acids is 1. The van der Waals surface area contributed by atoms with Crippen LogP contribution in [0.5, 0.6) is 5.75 Å². The number of amides is 1. The van der Waals surface area contributed by atoms with Gasteiger partial charge in [-0.05, 0) is 30.2 Å². The fourth-order valence-electron chi connectivity index (χ4n) is 2.73. The maximum atomic E-state index is 12.2. The smallest absolute Gasteiger partial charge is 0.246 e. The molecule has 1 aromatic rings. The highest BCUT2D eigenvalue weighted by atomic mass is 32.2. The van der Waals surface area contributed by atoms with Crippen LogP contribution in [0.4, 0.5) is 0 Å². The van der Waals surface area contributed by atoms with Gasteiger partial charge in [0.05, 0.1) is 12.9 Å². The van der Waals surface area contributed by atoms with Crippen LogP contribution >= 0.6 is 0 Å². The van der Waals surface area contributed by atoms with Crippen molar-refractivity contribution in [3.8, 4) is 5.75 Å². The van der Waals surface area contributed by atoms with E-state index in [1.54, 1.807) is 11.0 Å². The lowest BCUT2D eigenvalue weighted by Crippen LogP contribution is -2.49. The summed E-state index contributed by atoms with van der Waals surface area (Å²) in [6.45, 7) is 4.42. The molecule has 144 valence electrons. The van der Waals surface area contributed by atoms with Crippen molar-refractivity contribution in [3.05, 3.63) is 35.9 Å². The Bertz CT molecular complexity index is 706. The Morgan fingerprint density at radius 2 is 1.77 bits per heavy atom. The van der Waals surface area contributed by atoms with E-state index in [9.17, 15) is 13.2 Å². The van der Waals surface area contributed by atoms with E-state index in [4.69, 9.17) is 4.74 Å². The topological polar surface area (TPSA) is 66.9 Å². The van der Waals surface area contributed by atoms with Gasteiger partial charge in [0.1, 0.15) is 5.75 Å². The van der Waals surface area contributed by atoms with E-state index in [1.165, 1.54) is 29.5 Å². The minimum Gasteiger partial charge on any atom is -0.494 e. The van der Waals surface area contributed by atoms with Crippen molar-refractivity contribution in [2.45, 2.75) is 26.2 Å². The monoisotopic (exact) mass is 380 g/mol. The molecule has 1 heterocycles. The van der Waals surface area contributed by atoms with Gasteiger partial charge in [0.25, 0.3) is 0 Å². The van der Waals surface area contributed by atoms with Crippen LogP contribution in [0.2, 0.25) is 0 Å². The Kier molecular flexibility index (Phi) is 7.66. The Hall–Kier alpha value is -1.86. The third-order valence-electron chi connectivity index (χ3n) is 4.33. The summed E-state index contributed by atoms with van der Waals surface area (Å²) < 4.78 is 30.1. The molecule has 2 rings (SSSR count). The van der Waals surface area contributed by atoms with Crippen molar-refractivity contribution in [2.75, 3.05) is 39.0 Å². The Morgan fingerprint density at radius 3 is 2.35 bits per heavy atom. The normalized spacial score (nSPS) is 16.2. The predicted octanol–water partition coefficient (Wildman–Crippen LogP) is 2.37. The van der Waals surface area contributed by atoms with Crippen LogP contribution in [-0.2, 0) is 14.8 Å². The summed E-state index contributed by atoms with van der Waals surface area (Å²) in [5.41, 5.74) is 0.925. The van der Waals surface area contributed by atoms with Crippen LogP contribution in [0.25, 0.3) is 6.08 Å². The quantitative estimate of drug-likeness (QED) is 0.513. The van der Waals surface area contributed by atoms with Crippen LogP contribution in [0.1, 0.15) is 31.7 Å². The second kappa shape index (κ2) is 9.73. The highest BCUT2D eigenvalue weighted by Gasteiger charge is 2.24. The molecule has 26 heavy (non-hydrogen) atoms. The number of sulfonamides is 1. The van der Waals surface area contributed by atoms with E-state index in [0.717, 1.165) is 24.3 Å². The molecular weight excluding hydrogens is 352 g/mol. The highest BCUT2D eigenvalue weighted by Crippen LogP contribution is 2.14. The third kappa shape index (κ3) is 6.46. The second-order valence-electron chi connectivity index (χ2n) is 6.45. The zero-order valence-electron chi connectivity index (χ0n) is 15.6. The molecule has 1 amide bonds. The Morgan fingerprint density at radius 1 is 1.12 bits per heavy atom. The molecule has 6 nitrogen and oxygen atoms in total. The molecule has 7 heteroatoms. The summed E-state index contributed by atoms with van der Waals surface area (Å²) in [6, 6.07) is 7.64. The molecule has 0 aliphatic carbocycles. The van der Waals surface area contributed by atoms with E-state index in [2.05, 4.69) is 6.92 Å². The van der Waals surface area contributed by atoms with Crippen LogP contribution in [0.3, 0.4) is 0 Å². The molecule has 0 N–H and O–H groups in total. The lowest BCUT2D eigenvalue weighted by atomic mass is 10.2. The SMILES string of the molecule is CCCCCOc1ccc(C=CC(=O)N2CCN(S(C)(=O)=O)CC2)cc1. The van der Waals surface area contributed by atoms with Crippen LogP contribution in [0.15, 0.2) is 30.3 Å². The number of unbranched alkanes of at least 4 members (excludes halogenated alkanes) is 2. The third-order valence-corrected chi connectivity index (χ3v) is 5.64. The minimum atomic E-state index is -3.18. The van der Waals surface area contributed by atoms with Crippen molar-refractivity contribution in [1.82, 2.24) is 9.21 Å². The van der Waals surface area contributed by atoms with Gasteiger partial charge < -0.3 is 9.64 Å². The van der Waals surface area contributed by atoms with Crippen LogP contribution < -0.4 is 4.74 Å². The standard InChI is InChI=1S/C19H28N2O4S/c1-3-4-5-16-25-18-9-6-17(7-10-18)8-11-19(22)20-12-14-21(15-13-20)26(2,23)24/h6-11H,3-5,12-16H2,1-2H3. The van der Waals surface area contributed by atoms with Gasteiger partial charge in [0.15, 0.2) is 0 Å². The predicted molar refractivity (Wildman–Crippen MR) is 103 cm³/mol. The Balaban J connectivity index is 1.81. The first-order chi connectivity index (χ1) is 12.4. The lowest BCUT2D eigenvalue weighted by molar-refractivity contribution is -0.127. The second-order valence-corrected chi connectivity index (χ2v) is 8.43. The van der Waals surface area contributed by atoms with Gasteiger partial charge in [-0.1, -0.05) is 31.9 Å². The van der Waals surface area contributed by atoms with E-state index in [-0.39, 0.29) is 5.91 Å². The van der Waals surface area contributed by atoms with Gasteiger partial charge in [0.2, 0.25) is 15.9 Å². The van der Waals surface area contributed by atoms with Gasteiger partial charge in [-0.2, -0.15) is 4.31 Å². The average molecular weight is 381 g/mol. The van der Waals surface area contributed by atoms with E-state index in [1.807, 2.05) is 24.3 Å².